The Balaban J connectivity index is 0.00000128. The van der Waals surface area contributed by atoms with Gasteiger partial charge in [-0.15, -0.1) is 0 Å². The minimum atomic E-state index is -0.633. The van der Waals surface area contributed by atoms with Gasteiger partial charge in [-0.25, -0.2) is 0 Å². The van der Waals surface area contributed by atoms with Gasteiger partial charge in [-0.2, -0.15) is 0 Å². The maximum absolute atomic E-state index is 10.0. The SMILES string of the molecule is Oc1ccc(C(O)c2ccccc2)cc1.[KH]. The first-order valence-corrected chi connectivity index (χ1v) is 4.79. The predicted octanol–water partition coefficient (Wildman–Crippen LogP) is 1.83. The van der Waals surface area contributed by atoms with Gasteiger partial charge in [-0.05, 0) is 23.3 Å². The predicted molar refractivity (Wildman–Crippen MR) is 65.8 cm³/mol. The third-order valence-corrected chi connectivity index (χ3v) is 2.32. The Kier molecular flexibility index (Phi) is 5.68. The molecule has 0 aliphatic carbocycles. The summed E-state index contributed by atoms with van der Waals surface area (Å²) in [6.45, 7) is 0. The van der Waals surface area contributed by atoms with Crippen molar-refractivity contribution in [1.82, 2.24) is 0 Å². The van der Waals surface area contributed by atoms with E-state index in [2.05, 4.69) is 0 Å². The van der Waals surface area contributed by atoms with Gasteiger partial charge in [0.25, 0.3) is 0 Å². The van der Waals surface area contributed by atoms with Crippen molar-refractivity contribution in [2.75, 3.05) is 0 Å². The molecule has 2 N–H and O–H groups in total. The van der Waals surface area contributed by atoms with E-state index in [9.17, 15) is 5.11 Å². The van der Waals surface area contributed by atoms with E-state index >= 15 is 0 Å². The third-order valence-electron chi connectivity index (χ3n) is 2.32. The molecular weight excluding hydrogens is 227 g/mol. The third kappa shape index (κ3) is 3.42. The zero-order valence-corrected chi connectivity index (χ0v) is 8.17. The average molecular weight is 240 g/mol. The summed E-state index contributed by atoms with van der Waals surface area (Å²) in [4.78, 5) is 0. The number of phenolic OH excluding ortho intramolecular Hbond substituents is 1. The molecule has 2 nitrogen and oxygen atoms in total. The number of aliphatic hydroxyl groups is 1. The molecule has 0 fully saturated rings. The first-order chi connectivity index (χ1) is 7.27. The van der Waals surface area contributed by atoms with Crippen LogP contribution in [0.5, 0.6) is 5.75 Å². The van der Waals surface area contributed by atoms with Crippen LogP contribution < -0.4 is 0 Å². The van der Waals surface area contributed by atoms with Crippen molar-refractivity contribution in [3.8, 4) is 5.75 Å². The van der Waals surface area contributed by atoms with Gasteiger partial charge in [0, 0.05) is 0 Å². The number of aromatic hydroxyl groups is 1. The van der Waals surface area contributed by atoms with E-state index < -0.39 is 6.10 Å². The normalized spacial score (nSPS) is 11.6. The van der Waals surface area contributed by atoms with Crippen LogP contribution in [0, 0.1) is 0 Å². The topological polar surface area (TPSA) is 40.5 Å². The summed E-state index contributed by atoms with van der Waals surface area (Å²) in [6.07, 6.45) is -0.633. The molecule has 0 amide bonds. The number of benzene rings is 2. The van der Waals surface area contributed by atoms with Gasteiger partial charge in [-0.3, -0.25) is 0 Å². The molecule has 0 radical (unpaired) electrons. The first-order valence-electron chi connectivity index (χ1n) is 4.79. The van der Waals surface area contributed by atoms with Gasteiger partial charge in [0.2, 0.25) is 0 Å². The van der Waals surface area contributed by atoms with Crippen LogP contribution in [0.25, 0.3) is 0 Å². The van der Waals surface area contributed by atoms with Crippen molar-refractivity contribution in [3.63, 3.8) is 0 Å². The molecule has 0 heterocycles. The summed E-state index contributed by atoms with van der Waals surface area (Å²) in [5.74, 6) is 0.207. The Morgan fingerprint density at radius 1 is 0.750 bits per heavy atom. The molecule has 0 saturated heterocycles. The second-order valence-electron chi connectivity index (χ2n) is 3.40. The molecule has 2 rings (SSSR count). The van der Waals surface area contributed by atoms with Crippen molar-refractivity contribution in [3.05, 3.63) is 65.7 Å². The van der Waals surface area contributed by atoms with Crippen molar-refractivity contribution in [1.29, 1.82) is 0 Å². The molecule has 1 unspecified atom stereocenters. The molecule has 1 atom stereocenters. The fraction of sp³-hybridized carbons (Fsp3) is 0.0769. The summed E-state index contributed by atoms with van der Waals surface area (Å²) < 4.78 is 0. The van der Waals surface area contributed by atoms with Crippen LogP contribution in [0.3, 0.4) is 0 Å². The Morgan fingerprint density at radius 2 is 1.25 bits per heavy atom. The van der Waals surface area contributed by atoms with E-state index in [0.717, 1.165) is 11.1 Å². The molecule has 2 aromatic carbocycles. The van der Waals surface area contributed by atoms with E-state index in [4.69, 9.17) is 5.11 Å². The standard InChI is InChI=1S/C13H12O2.K.H/c14-12-8-6-11(7-9-12)13(15)10-4-2-1-3-5-10;;/h1-9,13-15H;;. The van der Waals surface area contributed by atoms with Gasteiger partial charge < -0.3 is 10.2 Å². The number of hydrogen-bond acceptors (Lipinski definition) is 2. The molecule has 0 aromatic heterocycles. The molecule has 0 saturated carbocycles. The quantitative estimate of drug-likeness (QED) is 0.786. The van der Waals surface area contributed by atoms with Gasteiger partial charge >= 0.3 is 51.4 Å². The fourth-order valence-corrected chi connectivity index (χ4v) is 1.48. The second kappa shape index (κ2) is 6.54. The van der Waals surface area contributed by atoms with Gasteiger partial charge in [0.15, 0.2) is 0 Å². The van der Waals surface area contributed by atoms with Crippen LogP contribution in [0.15, 0.2) is 54.6 Å². The minimum absolute atomic E-state index is 0. The molecule has 0 aliphatic rings. The first kappa shape index (κ1) is 13.9. The summed E-state index contributed by atoms with van der Waals surface area (Å²) in [6, 6.07) is 16.0. The molecule has 2 aromatic rings. The van der Waals surface area contributed by atoms with E-state index in [-0.39, 0.29) is 57.1 Å². The molecule has 78 valence electrons. The van der Waals surface area contributed by atoms with Crippen molar-refractivity contribution < 1.29 is 10.2 Å². The van der Waals surface area contributed by atoms with Crippen LogP contribution in [0.1, 0.15) is 17.2 Å². The number of aliphatic hydroxyl groups excluding tert-OH is 1. The summed E-state index contributed by atoms with van der Waals surface area (Å²) in [5, 5.41) is 19.1. The number of phenols is 1. The van der Waals surface area contributed by atoms with E-state index in [0.29, 0.717) is 0 Å². The van der Waals surface area contributed by atoms with E-state index in [1.807, 2.05) is 30.3 Å². The zero-order valence-electron chi connectivity index (χ0n) is 8.17. The van der Waals surface area contributed by atoms with Crippen LogP contribution in [0.4, 0.5) is 0 Å². The van der Waals surface area contributed by atoms with Crippen LogP contribution >= 0.6 is 0 Å². The van der Waals surface area contributed by atoms with Crippen LogP contribution in [-0.2, 0) is 0 Å². The Hall–Kier alpha value is -0.164. The maximum atomic E-state index is 10.0. The van der Waals surface area contributed by atoms with Gasteiger partial charge in [-0.1, -0.05) is 42.5 Å². The van der Waals surface area contributed by atoms with Crippen LogP contribution in [0.2, 0.25) is 0 Å². The van der Waals surface area contributed by atoms with E-state index in [1.165, 1.54) is 0 Å². The molecule has 3 heteroatoms. The Bertz CT molecular complexity index is 425. The summed E-state index contributed by atoms with van der Waals surface area (Å²) >= 11 is 0. The fourth-order valence-electron chi connectivity index (χ4n) is 1.48. The van der Waals surface area contributed by atoms with E-state index in [1.54, 1.807) is 24.3 Å². The molecule has 0 spiro atoms. The van der Waals surface area contributed by atoms with Crippen molar-refractivity contribution in [2.45, 2.75) is 6.10 Å². The molecule has 0 aliphatic heterocycles. The molecule has 16 heavy (non-hydrogen) atoms. The van der Waals surface area contributed by atoms with Gasteiger partial charge in [0.05, 0.1) is 0 Å². The second-order valence-corrected chi connectivity index (χ2v) is 3.40. The zero-order chi connectivity index (χ0) is 10.7. The monoisotopic (exact) mass is 240 g/mol. The van der Waals surface area contributed by atoms with Crippen molar-refractivity contribution >= 4 is 51.4 Å². The molecule has 0 bridgehead atoms. The molecular formula is C13H13KO2. The van der Waals surface area contributed by atoms with Crippen LogP contribution in [-0.4, -0.2) is 61.6 Å². The van der Waals surface area contributed by atoms with Crippen molar-refractivity contribution in [2.24, 2.45) is 0 Å². The van der Waals surface area contributed by atoms with Gasteiger partial charge in [0.1, 0.15) is 11.9 Å². The number of hydrogen-bond donors (Lipinski definition) is 2. The number of rotatable bonds is 2. The Labute approximate surface area is 137 Å². The Morgan fingerprint density at radius 3 is 1.81 bits per heavy atom. The average Bonchev–Trinajstić information content (AvgIpc) is 2.30. The summed E-state index contributed by atoms with van der Waals surface area (Å²) in [5.41, 5.74) is 1.63. The summed E-state index contributed by atoms with van der Waals surface area (Å²) in [7, 11) is 0.